The zero-order chi connectivity index (χ0) is 13.8. The molecule has 0 radical (unpaired) electrons. The van der Waals surface area contributed by atoms with Crippen molar-refractivity contribution in [3.63, 3.8) is 0 Å². The predicted molar refractivity (Wildman–Crippen MR) is 74.7 cm³/mol. The summed E-state index contributed by atoms with van der Waals surface area (Å²) in [5.41, 5.74) is 0. The van der Waals surface area contributed by atoms with Crippen LogP contribution in [0.1, 0.15) is 38.2 Å². The molecule has 1 atom stereocenters. The molecule has 1 aliphatic carbocycles. The van der Waals surface area contributed by atoms with E-state index in [0.717, 1.165) is 37.5 Å². The highest BCUT2D eigenvalue weighted by Gasteiger charge is 2.34. The molecule has 1 saturated carbocycles. The quantitative estimate of drug-likeness (QED) is 0.822. The van der Waals surface area contributed by atoms with Gasteiger partial charge in [-0.05, 0) is 38.4 Å². The van der Waals surface area contributed by atoms with Crippen LogP contribution >= 0.6 is 0 Å². The lowest BCUT2D eigenvalue weighted by molar-refractivity contribution is -0.136. The van der Waals surface area contributed by atoms with Gasteiger partial charge in [0, 0.05) is 18.5 Å². The van der Waals surface area contributed by atoms with Gasteiger partial charge in [-0.25, -0.2) is 0 Å². The molecule has 1 heterocycles. The van der Waals surface area contributed by atoms with Gasteiger partial charge in [-0.1, -0.05) is 13.8 Å². The Labute approximate surface area is 115 Å². The number of nitrogens with zero attached hydrogens (tertiary/aromatic N) is 1. The smallest absolute Gasteiger partial charge is 0.227 e. The summed E-state index contributed by atoms with van der Waals surface area (Å²) in [4.78, 5) is 14.5. The molecular formula is C15H24N2O2. The van der Waals surface area contributed by atoms with Crippen molar-refractivity contribution in [1.82, 2.24) is 10.2 Å². The van der Waals surface area contributed by atoms with E-state index in [9.17, 15) is 4.79 Å². The predicted octanol–water partition coefficient (Wildman–Crippen LogP) is 2.32. The maximum atomic E-state index is 12.5. The third kappa shape index (κ3) is 3.83. The Kier molecular flexibility index (Phi) is 4.64. The number of hydrogen-bond donors (Lipinski definition) is 1. The second kappa shape index (κ2) is 6.24. The standard InChI is InChI=1S/C15H24N2O2/c1-4-16-9-11(2)15(18)17(13-6-7-13)10-14-8-5-12(3)19-14/h5,8,11,13,16H,4,6-7,9-10H2,1-3H3. The fourth-order valence-electron chi connectivity index (χ4n) is 2.24. The Morgan fingerprint density at radius 1 is 1.53 bits per heavy atom. The molecular weight excluding hydrogens is 240 g/mol. The van der Waals surface area contributed by atoms with Crippen LogP contribution < -0.4 is 5.32 Å². The van der Waals surface area contributed by atoms with Crippen LogP contribution in [0.2, 0.25) is 0 Å². The van der Waals surface area contributed by atoms with Gasteiger partial charge in [-0.15, -0.1) is 0 Å². The Balaban J connectivity index is 1.97. The van der Waals surface area contributed by atoms with Crippen LogP contribution in [0.5, 0.6) is 0 Å². The molecule has 2 rings (SSSR count). The van der Waals surface area contributed by atoms with E-state index in [0.29, 0.717) is 12.6 Å². The molecule has 0 aromatic carbocycles. The molecule has 0 saturated heterocycles. The van der Waals surface area contributed by atoms with Gasteiger partial charge < -0.3 is 14.6 Å². The van der Waals surface area contributed by atoms with E-state index < -0.39 is 0 Å². The summed E-state index contributed by atoms with van der Waals surface area (Å²) in [5.74, 6) is 2.04. The summed E-state index contributed by atoms with van der Waals surface area (Å²) in [5, 5.41) is 3.24. The summed E-state index contributed by atoms with van der Waals surface area (Å²) in [6, 6.07) is 4.34. The molecule has 0 spiro atoms. The Bertz CT molecular complexity index is 424. The Morgan fingerprint density at radius 2 is 2.26 bits per heavy atom. The molecule has 1 aliphatic rings. The fourth-order valence-corrected chi connectivity index (χ4v) is 2.24. The fraction of sp³-hybridized carbons (Fsp3) is 0.667. The van der Waals surface area contributed by atoms with Gasteiger partial charge in [0.25, 0.3) is 0 Å². The minimum absolute atomic E-state index is 0.0246. The third-order valence-electron chi connectivity index (χ3n) is 3.52. The molecule has 1 N–H and O–H groups in total. The van der Waals surface area contributed by atoms with Crippen LogP contribution in [0.3, 0.4) is 0 Å². The average molecular weight is 264 g/mol. The molecule has 4 heteroatoms. The minimum Gasteiger partial charge on any atom is -0.464 e. The first-order valence-corrected chi connectivity index (χ1v) is 7.18. The molecule has 1 fully saturated rings. The van der Waals surface area contributed by atoms with Crippen LogP contribution in [0.15, 0.2) is 16.5 Å². The summed E-state index contributed by atoms with van der Waals surface area (Å²) in [6.45, 7) is 8.23. The first-order valence-electron chi connectivity index (χ1n) is 7.18. The van der Waals surface area contributed by atoms with E-state index >= 15 is 0 Å². The number of furan rings is 1. The van der Waals surface area contributed by atoms with E-state index in [-0.39, 0.29) is 11.8 Å². The topological polar surface area (TPSA) is 45.5 Å². The van der Waals surface area contributed by atoms with Crippen LogP contribution in [-0.4, -0.2) is 29.9 Å². The molecule has 1 amide bonds. The second-order valence-electron chi connectivity index (χ2n) is 5.42. The molecule has 0 aliphatic heterocycles. The number of rotatable bonds is 7. The number of nitrogens with one attached hydrogen (secondary N) is 1. The van der Waals surface area contributed by atoms with Gasteiger partial charge in [0.1, 0.15) is 11.5 Å². The van der Waals surface area contributed by atoms with Crippen molar-refractivity contribution in [2.45, 2.75) is 46.2 Å². The van der Waals surface area contributed by atoms with Crippen LogP contribution in [0.4, 0.5) is 0 Å². The molecule has 1 aromatic rings. The highest BCUT2D eigenvalue weighted by Crippen LogP contribution is 2.30. The van der Waals surface area contributed by atoms with Crippen molar-refractivity contribution in [1.29, 1.82) is 0 Å². The van der Waals surface area contributed by atoms with Crippen molar-refractivity contribution in [3.05, 3.63) is 23.7 Å². The molecule has 0 bridgehead atoms. The molecule has 4 nitrogen and oxygen atoms in total. The number of hydrogen-bond acceptors (Lipinski definition) is 3. The number of carbonyl (C=O) groups excluding carboxylic acids is 1. The average Bonchev–Trinajstić information content (AvgIpc) is 3.15. The Morgan fingerprint density at radius 3 is 2.79 bits per heavy atom. The van der Waals surface area contributed by atoms with Gasteiger partial charge in [-0.3, -0.25) is 4.79 Å². The molecule has 106 valence electrons. The van der Waals surface area contributed by atoms with E-state index in [2.05, 4.69) is 12.2 Å². The maximum Gasteiger partial charge on any atom is 0.227 e. The van der Waals surface area contributed by atoms with Crippen molar-refractivity contribution >= 4 is 5.91 Å². The molecule has 1 unspecified atom stereocenters. The first-order chi connectivity index (χ1) is 9.11. The van der Waals surface area contributed by atoms with Crippen LogP contribution in [0.25, 0.3) is 0 Å². The third-order valence-corrected chi connectivity index (χ3v) is 3.52. The van der Waals surface area contributed by atoms with Crippen molar-refractivity contribution in [3.8, 4) is 0 Å². The number of carbonyl (C=O) groups is 1. The molecule has 1 aromatic heterocycles. The van der Waals surface area contributed by atoms with Crippen molar-refractivity contribution < 1.29 is 9.21 Å². The van der Waals surface area contributed by atoms with E-state index in [1.165, 1.54) is 0 Å². The SMILES string of the molecule is CCNCC(C)C(=O)N(Cc1ccc(C)o1)C1CC1. The zero-order valence-electron chi connectivity index (χ0n) is 12.1. The van der Waals surface area contributed by atoms with E-state index in [4.69, 9.17) is 4.42 Å². The van der Waals surface area contributed by atoms with Crippen LogP contribution in [-0.2, 0) is 11.3 Å². The number of amides is 1. The monoisotopic (exact) mass is 264 g/mol. The van der Waals surface area contributed by atoms with Gasteiger partial charge in [0.05, 0.1) is 6.54 Å². The summed E-state index contributed by atoms with van der Waals surface area (Å²) in [6.07, 6.45) is 2.25. The van der Waals surface area contributed by atoms with Gasteiger partial charge in [0.15, 0.2) is 0 Å². The second-order valence-corrected chi connectivity index (χ2v) is 5.42. The van der Waals surface area contributed by atoms with Crippen LogP contribution in [0, 0.1) is 12.8 Å². The molecule has 19 heavy (non-hydrogen) atoms. The highest BCUT2D eigenvalue weighted by molar-refractivity contribution is 5.79. The van der Waals surface area contributed by atoms with Gasteiger partial charge >= 0.3 is 0 Å². The van der Waals surface area contributed by atoms with Crippen molar-refractivity contribution in [2.75, 3.05) is 13.1 Å². The summed E-state index contributed by atoms with van der Waals surface area (Å²) in [7, 11) is 0. The summed E-state index contributed by atoms with van der Waals surface area (Å²) < 4.78 is 5.59. The van der Waals surface area contributed by atoms with E-state index in [1.807, 2.05) is 30.9 Å². The maximum absolute atomic E-state index is 12.5. The Hall–Kier alpha value is -1.29. The first kappa shape index (κ1) is 14.1. The normalized spacial score (nSPS) is 16.4. The highest BCUT2D eigenvalue weighted by atomic mass is 16.3. The lowest BCUT2D eigenvalue weighted by atomic mass is 10.1. The number of aryl methyl sites for hydroxylation is 1. The minimum atomic E-state index is 0.0246. The lowest BCUT2D eigenvalue weighted by Gasteiger charge is -2.25. The lowest BCUT2D eigenvalue weighted by Crippen LogP contribution is -2.40. The van der Waals surface area contributed by atoms with Gasteiger partial charge in [0.2, 0.25) is 5.91 Å². The van der Waals surface area contributed by atoms with Crippen molar-refractivity contribution in [2.24, 2.45) is 5.92 Å². The van der Waals surface area contributed by atoms with Gasteiger partial charge in [-0.2, -0.15) is 0 Å². The van der Waals surface area contributed by atoms with E-state index in [1.54, 1.807) is 0 Å². The zero-order valence-corrected chi connectivity index (χ0v) is 12.1. The largest absolute Gasteiger partial charge is 0.464 e. The summed E-state index contributed by atoms with van der Waals surface area (Å²) >= 11 is 0.